The van der Waals surface area contributed by atoms with Gasteiger partial charge in [-0.1, -0.05) is 30.3 Å². The Morgan fingerprint density at radius 1 is 1.04 bits per heavy atom. The van der Waals surface area contributed by atoms with Gasteiger partial charge >= 0.3 is 0 Å². The van der Waals surface area contributed by atoms with E-state index in [1.165, 1.54) is 4.90 Å². The Bertz CT molecular complexity index is 947. The summed E-state index contributed by atoms with van der Waals surface area (Å²) in [6, 6.07) is 20.8. The van der Waals surface area contributed by atoms with E-state index in [9.17, 15) is 0 Å². The summed E-state index contributed by atoms with van der Waals surface area (Å²) in [5, 5.41) is 4.62. The maximum absolute atomic E-state index is 6.34. The van der Waals surface area contributed by atoms with Gasteiger partial charge in [-0.2, -0.15) is 5.10 Å². The zero-order chi connectivity index (χ0) is 18.8. The first kappa shape index (κ1) is 17.9. The fourth-order valence-electron chi connectivity index (χ4n) is 3.43. The smallest absolute Gasteiger partial charge is 0.217 e. The maximum atomic E-state index is 6.34. The minimum atomic E-state index is -0.111. The molecule has 1 aliphatic heterocycles. The van der Waals surface area contributed by atoms with Gasteiger partial charge in [-0.05, 0) is 56.0 Å². The van der Waals surface area contributed by atoms with Crippen LogP contribution in [0.1, 0.15) is 28.6 Å². The van der Waals surface area contributed by atoms with Gasteiger partial charge in [0.05, 0.1) is 12.2 Å². The number of nitrogens with zero attached hydrogens (tertiary/aromatic N) is 3. The van der Waals surface area contributed by atoms with E-state index in [4.69, 9.17) is 9.73 Å². The van der Waals surface area contributed by atoms with Crippen molar-refractivity contribution >= 4 is 17.7 Å². The first-order valence-corrected chi connectivity index (χ1v) is 10.3. The number of hydrogen-bond donors (Lipinski definition) is 0. The molecule has 0 fully saturated rings. The standard InChI is InChI=1S/C22H23N3OS/c1-15-13-16(2)25(24-15)14-20-21(17-9-11-19(27-3)12-10-17)26-22(23-20)18-7-5-4-6-8-18/h4-13,20-21H,14H2,1-3H3/t20-,21-/m0/s1. The third-order valence-electron chi connectivity index (χ3n) is 4.80. The van der Waals surface area contributed by atoms with Crippen LogP contribution in [0.15, 0.2) is 70.6 Å². The predicted octanol–water partition coefficient (Wildman–Crippen LogP) is 4.81. The third-order valence-corrected chi connectivity index (χ3v) is 5.54. The Morgan fingerprint density at radius 3 is 2.41 bits per heavy atom. The SMILES string of the molecule is CSc1ccc([C@@H]2OC(c3ccccc3)=N[C@H]2Cn2nc(C)cc2C)cc1. The molecule has 0 bridgehead atoms. The van der Waals surface area contributed by atoms with E-state index in [0.29, 0.717) is 12.4 Å². The lowest BCUT2D eigenvalue weighted by atomic mass is 10.0. The molecular weight excluding hydrogens is 354 g/mol. The summed E-state index contributed by atoms with van der Waals surface area (Å²) in [5.41, 5.74) is 4.33. The van der Waals surface area contributed by atoms with Crippen molar-refractivity contribution in [3.8, 4) is 0 Å². The molecule has 0 unspecified atom stereocenters. The van der Waals surface area contributed by atoms with Crippen LogP contribution in [0, 0.1) is 13.8 Å². The van der Waals surface area contributed by atoms with Crippen molar-refractivity contribution in [1.82, 2.24) is 9.78 Å². The van der Waals surface area contributed by atoms with Crippen LogP contribution < -0.4 is 0 Å². The minimum absolute atomic E-state index is 0.0154. The topological polar surface area (TPSA) is 39.4 Å². The highest BCUT2D eigenvalue weighted by Crippen LogP contribution is 2.33. The van der Waals surface area contributed by atoms with Crippen molar-refractivity contribution in [3.05, 3.63) is 83.2 Å². The zero-order valence-corrected chi connectivity index (χ0v) is 16.6. The molecule has 0 radical (unpaired) electrons. The van der Waals surface area contributed by atoms with Crippen LogP contribution in [0.4, 0.5) is 0 Å². The van der Waals surface area contributed by atoms with Crippen LogP contribution in [0.2, 0.25) is 0 Å². The molecule has 0 spiro atoms. The Morgan fingerprint density at radius 2 is 1.78 bits per heavy atom. The molecule has 0 saturated heterocycles. The summed E-state index contributed by atoms with van der Waals surface area (Å²) in [6.45, 7) is 4.80. The number of aromatic nitrogens is 2. The first-order valence-electron chi connectivity index (χ1n) is 9.09. The molecule has 4 rings (SSSR count). The molecule has 0 aliphatic carbocycles. The molecule has 3 aromatic rings. The van der Waals surface area contributed by atoms with Gasteiger partial charge in [-0.3, -0.25) is 4.68 Å². The van der Waals surface area contributed by atoms with Gasteiger partial charge in [0.15, 0.2) is 0 Å². The van der Waals surface area contributed by atoms with E-state index in [1.807, 2.05) is 41.9 Å². The van der Waals surface area contributed by atoms with Crippen molar-refractivity contribution in [2.45, 2.75) is 37.4 Å². The molecule has 2 heterocycles. The van der Waals surface area contributed by atoms with Crippen LogP contribution in [0.5, 0.6) is 0 Å². The van der Waals surface area contributed by atoms with Gasteiger partial charge < -0.3 is 4.74 Å². The lowest BCUT2D eigenvalue weighted by molar-refractivity contribution is 0.185. The van der Waals surface area contributed by atoms with E-state index >= 15 is 0 Å². The second-order valence-corrected chi connectivity index (χ2v) is 7.67. The second-order valence-electron chi connectivity index (χ2n) is 6.79. The van der Waals surface area contributed by atoms with Crippen molar-refractivity contribution in [1.29, 1.82) is 0 Å². The van der Waals surface area contributed by atoms with E-state index in [0.717, 1.165) is 22.5 Å². The molecule has 2 atom stereocenters. The molecule has 0 amide bonds. The molecule has 138 valence electrons. The average Bonchev–Trinajstić information content (AvgIpc) is 3.25. The first-order chi connectivity index (χ1) is 13.1. The van der Waals surface area contributed by atoms with Gasteiger partial charge in [0.2, 0.25) is 5.90 Å². The van der Waals surface area contributed by atoms with Crippen molar-refractivity contribution in [2.24, 2.45) is 4.99 Å². The fourth-order valence-corrected chi connectivity index (χ4v) is 3.84. The number of aryl methyl sites for hydroxylation is 2. The number of rotatable bonds is 5. The Labute approximate surface area is 164 Å². The molecular formula is C22H23N3OS. The van der Waals surface area contributed by atoms with E-state index in [-0.39, 0.29) is 12.1 Å². The molecule has 1 aliphatic rings. The Balaban J connectivity index is 1.66. The highest BCUT2D eigenvalue weighted by atomic mass is 32.2. The molecule has 2 aromatic carbocycles. The van der Waals surface area contributed by atoms with Gasteiger partial charge in [0, 0.05) is 16.2 Å². The summed E-state index contributed by atoms with van der Waals surface area (Å²) in [4.78, 5) is 6.18. The van der Waals surface area contributed by atoms with Crippen LogP contribution in [-0.4, -0.2) is 28.0 Å². The minimum Gasteiger partial charge on any atom is -0.467 e. The van der Waals surface area contributed by atoms with Gasteiger partial charge in [-0.25, -0.2) is 4.99 Å². The summed E-state index contributed by atoms with van der Waals surface area (Å²) in [7, 11) is 0. The molecule has 0 saturated carbocycles. The highest BCUT2D eigenvalue weighted by Gasteiger charge is 2.33. The second kappa shape index (κ2) is 7.61. The number of benzene rings is 2. The monoisotopic (exact) mass is 377 g/mol. The summed E-state index contributed by atoms with van der Waals surface area (Å²) in [5.74, 6) is 0.709. The lowest BCUT2D eigenvalue weighted by Crippen LogP contribution is -2.21. The quantitative estimate of drug-likeness (QED) is 0.599. The predicted molar refractivity (Wildman–Crippen MR) is 111 cm³/mol. The van der Waals surface area contributed by atoms with Crippen molar-refractivity contribution in [2.75, 3.05) is 6.26 Å². The Hall–Kier alpha value is -2.53. The number of aliphatic imine (C=N–C) groups is 1. The van der Waals surface area contributed by atoms with Crippen LogP contribution in [-0.2, 0) is 11.3 Å². The van der Waals surface area contributed by atoms with Crippen molar-refractivity contribution in [3.63, 3.8) is 0 Å². The van der Waals surface area contributed by atoms with E-state index in [1.54, 1.807) is 11.8 Å². The van der Waals surface area contributed by atoms with Gasteiger partial charge in [0.25, 0.3) is 0 Å². The average molecular weight is 378 g/mol. The lowest BCUT2D eigenvalue weighted by Gasteiger charge is -2.19. The largest absolute Gasteiger partial charge is 0.467 e. The summed E-state index contributed by atoms with van der Waals surface area (Å²) < 4.78 is 8.37. The summed E-state index contributed by atoms with van der Waals surface area (Å²) >= 11 is 1.74. The Kier molecular flexibility index (Phi) is 5.03. The van der Waals surface area contributed by atoms with Crippen LogP contribution >= 0.6 is 11.8 Å². The number of thioether (sulfide) groups is 1. The fraction of sp³-hybridized carbons (Fsp3) is 0.273. The maximum Gasteiger partial charge on any atom is 0.217 e. The molecule has 4 nitrogen and oxygen atoms in total. The molecule has 5 heteroatoms. The van der Waals surface area contributed by atoms with Crippen LogP contribution in [0.25, 0.3) is 0 Å². The normalized spacial score (nSPS) is 19.0. The number of hydrogen-bond acceptors (Lipinski definition) is 4. The highest BCUT2D eigenvalue weighted by molar-refractivity contribution is 7.98. The zero-order valence-electron chi connectivity index (χ0n) is 15.8. The van der Waals surface area contributed by atoms with E-state index in [2.05, 4.69) is 48.6 Å². The number of ether oxygens (including phenoxy) is 1. The summed E-state index contributed by atoms with van der Waals surface area (Å²) in [6.07, 6.45) is 1.98. The molecule has 27 heavy (non-hydrogen) atoms. The molecule has 1 aromatic heterocycles. The van der Waals surface area contributed by atoms with Crippen LogP contribution in [0.3, 0.4) is 0 Å². The van der Waals surface area contributed by atoms with E-state index < -0.39 is 0 Å². The third kappa shape index (κ3) is 3.78. The van der Waals surface area contributed by atoms with Gasteiger partial charge in [0.1, 0.15) is 12.1 Å². The van der Waals surface area contributed by atoms with Gasteiger partial charge in [-0.15, -0.1) is 11.8 Å². The molecule has 0 N–H and O–H groups in total. The van der Waals surface area contributed by atoms with Crippen molar-refractivity contribution < 1.29 is 4.74 Å².